The fraction of sp³-hybridized carbons (Fsp3) is 0. The molecule has 0 aromatic carbocycles. The van der Waals surface area contributed by atoms with Crippen LogP contribution in [0.2, 0.25) is 0 Å². The van der Waals surface area contributed by atoms with Crippen molar-refractivity contribution in [2.75, 3.05) is 0 Å². The van der Waals surface area contributed by atoms with E-state index in [9.17, 15) is 0 Å². The molecule has 0 fully saturated rings. The summed E-state index contributed by atoms with van der Waals surface area (Å²) in [4.78, 5) is 8.36. The smallest absolute Gasteiger partial charge is 0.291 e. The first-order valence-corrected chi connectivity index (χ1v) is 0.565. The Labute approximate surface area is 57.1 Å². The minimum atomic E-state index is -1.50. The van der Waals surface area contributed by atoms with E-state index in [2.05, 4.69) is 0 Å². The van der Waals surface area contributed by atoms with E-state index >= 15 is 0 Å². The third-order valence-electron chi connectivity index (χ3n) is 0. The zero-order chi connectivity index (χ0) is 3.58. The maximum absolute atomic E-state index is 8.36. The van der Waals surface area contributed by atoms with Gasteiger partial charge in [-0.05, 0) is 0 Å². The van der Waals surface area contributed by atoms with Crippen molar-refractivity contribution >= 4 is 12.4 Å². The summed E-state index contributed by atoms with van der Waals surface area (Å²) in [5.74, 6) is 0. The molecule has 0 saturated heterocycles. The van der Waals surface area contributed by atoms with Gasteiger partial charge in [0.15, 0.2) is 0 Å². The van der Waals surface area contributed by atoms with Crippen LogP contribution in [0.15, 0.2) is 0 Å². The van der Waals surface area contributed by atoms with Crippen LogP contribution in [0.5, 0.6) is 0 Å². The van der Waals surface area contributed by atoms with Gasteiger partial charge < -0.3 is 23.7 Å². The first-order valence-electron chi connectivity index (χ1n) is 0.565. The van der Waals surface area contributed by atoms with Gasteiger partial charge in [0.05, 0.1) is 0 Å². The van der Waals surface area contributed by atoms with Crippen molar-refractivity contribution in [3.8, 4) is 0 Å². The maximum Gasteiger partial charge on any atom is 0.291 e. The lowest BCUT2D eigenvalue weighted by Crippen LogP contribution is -1.81. The Morgan fingerprint density at radius 3 is 1.22 bits per heavy atom. The molecule has 0 aliphatic rings. The molecule has 0 aliphatic heterocycles. The van der Waals surface area contributed by atoms with E-state index in [4.69, 9.17) is 15.3 Å². The molecule has 0 saturated carbocycles. The largest absolute Gasteiger partial charge is 0.344 e. The van der Waals surface area contributed by atoms with E-state index in [1.807, 2.05) is 0 Å². The lowest BCUT2D eigenvalue weighted by atomic mass is 13.1. The Balaban J connectivity index is -0.00000000450. The average molecular weight is 171 g/mol. The Kier molecular flexibility index (Phi) is 509. The highest BCUT2D eigenvalue weighted by atomic mass is 35.5. The number of rotatable bonds is 0. The van der Waals surface area contributed by atoms with E-state index < -0.39 is 5.09 Å². The van der Waals surface area contributed by atoms with Crippen molar-refractivity contribution in [3.05, 3.63) is 10.1 Å². The summed E-state index contributed by atoms with van der Waals surface area (Å²) in [6, 6.07) is 0. The molecule has 64 valence electrons. The molecule has 9 heavy (non-hydrogen) atoms. The molecule has 0 aromatic heterocycles. The van der Waals surface area contributed by atoms with Crippen molar-refractivity contribution in [1.29, 1.82) is 0 Å². The highest BCUT2D eigenvalue weighted by molar-refractivity contribution is 5.85. The highest BCUT2D eigenvalue weighted by Crippen LogP contribution is 1.38. The van der Waals surface area contributed by atoms with Gasteiger partial charge in [-0.2, -0.15) is 0 Å². The molecule has 9 heteroatoms. The monoisotopic (exact) mass is 170 g/mol. The Bertz CT molecular complexity index is 38.8. The first kappa shape index (κ1) is 83.6. The SMILES string of the molecule is Cl.F.N.N.N.O=[N+]([O-])O. The second-order valence-electron chi connectivity index (χ2n) is 0.238. The van der Waals surface area contributed by atoms with Crippen LogP contribution in [0.1, 0.15) is 0 Å². The lowest BCUT2D eigenvalue weighted by Gasteiger charge is -1.56. The second-order valence-corrected chi connectivity index (χ2v) is 0.238. The van der Waals surface area contributed by atoms with Gasteiger partial charge in [-0.25, -0.2) is 0 Å². The van der Waals surface area contributed by atoms with E-state index in [1.54, 1.807) is 0 Å². The van der Waals surface area contributed by atoms with Crippen molar-refractivity contribution in [1.82, 2.24) is 18.5 Å². The van der Waals surface area contributed by atoms with Crippen LogP contribution in [0.3, 0.4) is 0 Å². The normalized spacial score (nSPS) is 2.67. The first-order chi connectivity index (χ1) is 1.73. The van der Waals surface area contributed by atoms with Crippen molar-refractivity contribution in [2.24, 2.45) is 0 Å². The molecule has 7 nitrogen and oxygen atoms in total. The summed E-state index contributed by atoms with van der Waals surface area (Å²) in [6.45, 7) is 0. The maximum atomic E-state index is 8.36. The number of hydrogen-bond acceptors (Lipinski definition) is 5. The summed E-state index contributed by atoms with van der Waals surface area (Å²) in [7, 11) is 0. The fourth-order valence-corrected chi connectivity index (χ4v) is 0. The summed E-state index contributed by atoms with van der Waals surface area (Å²) in [5, 5.41) is 13.6. The molecule has 10 N–H and O–H groups in total. The van der Waals surface area contributed by atoms with Gasteiger partial charge in [0.25, 0.3) is 5.09 Å². The van der Waals surface area contributed by atoms with Crippen molar-refractivity contribution in [3.63, 3.8) is 0 Å². The van der Waals surface area contributed by atoms with E-state index in [0.717, 1.165) is 0 Å². The van der Waals surface area contributed by atoms with Crippen LogP contribution in [-0.2, 0) is 0 Å². The zero-order valence-corrected chi connectivity index (χ0v) is 5.47. The molecule has 0 radical (unpaired) electrons. The molecule has 0 atom stereocenters. The fourth-order valence-electron chi connectivity index (χ4n) is 0. The zero-order valence-electron chi connectivity index (χ0n) is 4.65. The minimum absolute atomic E-state index is 0. The number of hydrogen-bond donors (Lipinski definition) is 4. The molecule has 0 unspecified atom stereocenters. The summed E-state index contributed by atoms with van der Waals surface area (Å²) >= 11 is 0. The van der Waals surface area contributed by atoms with Gasteiger partial charge in [-0.1, -0.05) is 0 Å². The predicted octanol–water partition coefficient (Wildman–Crippen LogP) is 0.713. The summed E-state index contributed by atoms with van der Waals surface area (Å²) < 4.78 is 0. The Hall–Kier alpha value is -0.700. The molecule has 0 spiro atoms. The van der Waals surface area contributed by atoms with E-state index in [-0.39, 0.29) is 35.6 Å². The van der Waals surface area contributed by atoms with Crippen LogP contribution < -0.4 is 18.5 Å². The standard InChI is InChI=1S/ClH.FH.HNO3.3H3N/c;;2-1(3)4;;;/h2*1H;(H,2,3,4);3*1H3. The van der Waals surface area contributed by atoms with E-state index in [1.165, 1.54) is 0 Å². The van der Waals surface area contributed by atoms with Crippen molar-refractivity contribution < 1.29 is 15.0 Å². The number of halogens is 2. The third kappa shape index (κ3) is 418. The van der Waals surface area contributed by atoms with Crippen LogP contribution in [0, 0.1) is 10.1 Å². The highest BCUT2D eigenvalue weighted by Gasteiger charge is 1.65. The molecule has 0 aliphatic carbocycles. The van der Waals surface area contributed by atoms with E-state index in [0.29, 0.717) is 0 Å². The van der Waals surface area contributed by atoms with Crippen LogP contribution in [0.4, 0.5) is 4.70 Å². The lowest BCUT2D eigenvalue weighted by molar-refractivity contribution is -0.742. The van der Waals surface area contributed by atoms with Crippen molar-refractivity contribution in [2.45, 2.75) is 0 Å². The Morgan fingerprint density at radius 1 is 1.22 bits per heavy atom. The molecular weight excluding hydrogens is 158 g/mol. The van der Waals surface area contributed by atoms with Gasteiger partial charge in [-0.15, -0.1) is 22.5 Å². The van der Waals surface area contributed by atoms with Gasteiger partial charge in [-0.3, -0.25) is 4.70 Å². The molecule has 0 aromatic rings. The molecular formula is H12ClFN4O3. The van der Waals surface area contributed by atoms with Crippen LogP contribution in [-0.4, -0.2) is 10.3 Å². The quantitative estimate of drug-likeness (QED) is 0.308. The van der Waals surface area contributed by atoms with Gasteiger partial charge >= 0.3 is 0 Å². The average Bonchev–Trinajstić information content (AvgIpc) is 0.811. The third-order valence-corrected chi connectivity index (χ3v) is 0. The van der Waals surface area contributed by atoms with Gasteiger partial charge in [0.1, 0.15) is 0 Å². The summed E-state index contributed by atoms with van der Waals surface area (Å²) in [5.41, 5.74) is 0. The molecule has 0 bridgehead atoms. The molecule has 0 amide bonds. The van der Waals surface area contributed by atoms with Crippen LogP contribution >= 0.6 is 12.4 Å². The molecule has 0 rings (SSSR count). The number of nitrogens with zero attached hydrogens (tertiary/aromatic N) is 1. The molecule has 0 heterocycles. The van der Waals surface area contributed by atoms with Crippen LogP contribution in [0.25, 0.3) is 0 Å². The Morgan fingerprint density at radius 2 is 1.22 bits per heavy atom. The summed E-state index contributed by atoms with van der Waals surface area (Å²) in [6.07, 6.45) is 0. The van der Waals surface area contributed by atoms with Gasteiger partial charge in [0.2, 0.25) is 0 Å². The second kappa shape index (κ2) is 54.8. The minimum Gasteiger partial charge on any atom is -0.344 e. The topological polar surface area (TPSA) is 168 Å². The predicted molar refractivity (Wildman–Crippen MR) is 33.6 cm³/mol. The van der Waals surface area contributed by atoms with Gasteiger partial charge in [0, 0.05) is 0 Å².